The maximum absolute atomic E-state index is 11.8. The van der Waals surface area contributed by atoms with E-state index in [1.54, 1.807) is 18.2 Å². The third-order valence-electron chi connectivity index (χ3n) is 2.62. The van der Waals surface area contributed by atoms with E-state index in [2.05, 4.69) is 9.97 Å². The Bertz CT molecular complexity index is 697. The minimum atomic E-state index is -0.487. The number of hydrogen-bond donors (Lipinski definition) is 1. The first-order valence-corrected chi connectivity index (χ1v) is 6.65. The lowest BCUT2D eigenvalue weighted by Crippen LogP contribution is -2.16. The summed E-state index contributed by atoms with van der Waals surface area (Å²) in [6.07, 6.45) is 0.593. The Kier molecular flexibility index (Phi) is 3.93. The van der Waals surface area contributed by atoms with Gasteiger partial charge in [0.25, 0.3) is 11.2 Å². The van der Waals surface area contributed by atoms with Gasteiger partial charge in [-0.25, -0.2) is 4.98 Å². The average Bonchev–Trinajstić information content (AvgIpc) is 2.41. The SMILES string of the molecule is CCc1nc(-c2ccccc2[N+](=O)[O-])[nH]c(=O)c1I. The summed E-state index contributed by atoms with van der Waals surface area (Å²) >= 11 is 1.92. The van der Waals surface area contributed by atoms with Gasteiger partial charge in [-0.15, -0.1) is 0 Å². The van der Waals surface area contributed by atoms with Gasteiger partial charge in [-0.05, 0) is 35.1 Å². The Morgan fingerprint density at radius 1 is 1.42 bits per heavy atom. The number of hydrogen-bond acceptors (Lipinski definition) is 4. The highest BCUT2D eigenvalue weighted by Crippen LogP contribution is 2.26. The summed E-state index contributed by atoms with van der Waals surface area (Å²) in [6.45, 7) is 1.88. The largest absolute Gasteiger partial charge is 0.305 e. The zero-order valence-electron chi connectivity index (χ0n) is 10.0. The Balaban J connectivity index is 2.70. The summed E-state index contributed by atoms with van der Waals surface area (Å²) in [5.74, 6) is 0.231. The standard InChI is InChI=1S/C12H10IN3O3/c1-2-8-10(13)12(17)15-11(14-8)7-5-3-4-6-9(7)16(18)19/h3-6H,2H2,1H3,(H,14,15,17). The molecule has 0 spiro atoms. The molecular formula is C12H10IN3O3. The normalized spacial score (nSPS) is 10.4. The molecule has 0 aliphatic heterocycles. The molecule has 19 heavy (non-hydrogen) atoms. The van der Waals surface area contributed by atoms with Crippen molar-refractivity contribution in [2.45, 2.75) is 13.3 Å². The van der Waals surface area contributed by atoms with Crippen molar-refractivity contribution in [3.8, 4) is 11.4 Å². The molecule has 0 aliphatic carbocycles. The number of halogens is 1. The van der Waals surface area contributed by atoms with Gasteiger partial charge in [0.05, 0.1) is 19.8 Å². The summed E-state index contributed by atoms with van der Waals surface area (Å²) in [6, 6.07) is 6.21. The number of aromatic amines is 1. The molecule has 2 aromatic rings. The van der Waals surface area contributed by atoms with Crippen molar-refractivity contribution in [1.29, 1.82) is 0 Å². The fourth-order valence-corrected chi connectivity index (χ4v) is 2.34. The van der Waals surface area contributed by atoms with E-state index in [1.165, 1.54) is 6.07 Å². The van der Waals surface area contributed by atoms with Gasteiger partial charge in [-0.2, -0.15) is 0 Å². The number of aromatic nitrogens is 2. The topological polar surface area (TPSA) is 88.9 Å². The van der Waals surface area contributed by atoms with Crippen LogP contribution in [0.3, 0.4) is 0 Å². The fourth-order valence-electron chi connectivity index (χ4n) is 1.70. The number of nitro benzene ring substituents is 1. The first-order chi connectivity index (χ1) is 9.04. The van der Waals surface area contributed by atoms with E-state index in [-0.39, 0.29) is 17.1 Å². The zero-order valence-corrected chi connectivity index (χ0v) is 12.2. The average molecular weight is 371 g/mol. The number of aryl methyl sites for hydroxylation is 1. The maximum Gasteiger partial charge on any atom is 0.280 e. The van der Waals surface area contributed by atoms with Crippen molar-refractivity contribution in [3.63, 3.8) is 0 Å². The van der Waals surface area contributed by atoms with Crippen LogP contribution in [-0.4, -0.2) is 14.9 Å². The molecule has 98 valence electrons. The Morgan fingerprint density at radius 3 is 2.74 bits per heavy atom. The fraction of sp³-hybridized carbons (Fsp3) is 0.167. The Labute approximate surface area is 122 Å². The van der Waals surface area contributed by atoms with Crippen molar-refractivity contribution < 1.29 is 4.92 Å². The second-order valence-electron chi connectivity index (χ2n) is 3.80. The number of H-pyrrole nitrogens is 1. The van der Waals surface area contributed by atoms with Gasteiger partial charge in [0.1, 0.15) is 5.82 Å². The van der Waals surface area contributed by atoms with E-state index < -0.39 is 4.92 Å². The van der Waals surface area contributed by atoms with Crippen molar-refractivity contribution in [2.24, 2.45) is 0 Å². The van der Waals surface area contributed by atoms with E-state index in [1.807, 2.05) is 29.5 Å². The molecule has 1 heterocycles. The molecule has 1 aromatic heterocycles. The summed E-state index contributed by atoms with van der Waals surface area (Å²) in [7, 11) is 0. The van der Waals surface area contributed by atoms with Crippen molar-refractivity contribution in [3.05, 3.63) is 54.0 Å². The van der Waals surface area contributed by atoms with E-state index in [0.717, 1.165) is 0 Å². The van der Waals surface area contributed by atoms with Crippen LogP contribution < -0.4 is 5.56 Å². The molecule has 0 atom stereocenters. The number of nitrogens with zero attached hydrogens (tertiary/aromatic N) is 2. The van der Waals surface area contributed by atoms with E-state index in [4.69, 9.17) is 0 Å². The minimum absolute atomic E-state index is 0.0751. The van der Waals surface area contributed by atoms with Crippen LogP contribution in [0.2, 0.25) is 0 Å². The molecule has 1 aromatic carbocycles. The van der Waals surface area contributed by atoms with Crippen LogP contribution in [0.1, 0.15) is 12.6 Å². The molecule has 2 rings (SSSR count). The molecule has 0 saturated carbocycles. The van der Waals surface area contributed by atoms with Crippen LogP contribution in [0.4, 0.5) is 5.69 Å². The van der Waals surface area contributed by atoms with Gasteiger partial charge in [0.2, 0.25) is 0 Å². The molecule has 0 bridgehead atoms. The second kappa shape index (κ2) is 5.47. The van der Waals surface area contributed by atoms with Gasteiger partial charge >= 0.3 is 0 Å². The number of rotatable bonds is 3. The van der Waals surface area contributed by atoms with Gasteiger partial charge in [-0.1, -0.05) is 19.1 Å². The van der Waals surface area contributed by atoms with Crippen LogP contribution in [0.15, 0.2) is 29.1 Å². The number of nitrogens with one attached hydrogen (secondary N) is 1. The third-order valence-corrected chi connectivity index (χ3v) is 3.73. The van der Waals surface area contributed by atoms with Gasteiger partial charge in [0, 0.05) is 6.07 Å². The first-order valence-electron chi connectivity index (χ1n) is 5.57. The lowest BCUT2D eigenvalue weighted by Gasteiger charge is -2.05. The molecule has 6 nitrogen and oxygen atoms in total. The highest BCUT2D eigenvalue weighted by Gasteiger charge is 2.17. The predicted octanol–water partition coefficient (Wildman–Crippen LogP) is 2.51. The van der Waals surface area contributed by atoms with Crippen LogP contribution in [0.5, 0.6) is 0 Å². The molecule has 0 unspecified atom stereocenters. The Hall–Kier alpha value is -1.77. The van der Waals surface area contributed by atoms with Crippen molar-refractivity contribution in [1.82, 2.24) is 9.97 Å². The highest BCUT2D eigenvalue weighted by atomic mass is 127. The lowest BCUT2D eigenvalue weighted by molar-refractivity contribution is -0.384. The van der Waals surface area contributed by atoms with Crippen LogP contribution in [0.25, 0.3) is 11.4 Å². The minimum Gasteiger partial charge on any atom is -0.305 e. The summed E-state index contributed by atoms with van der Waals surface area (Å²) < 4.78 is 0.516. The molecule has 0 radical (unpaired) electrons. The zero-order chi connectivity index (χ0) is 14.0. The Morgan fingerprint density at radius 2 is 2.11 bits per heavy atom. The summed E-state index contributed by atoms with van der Waals surface area (Å²) in [5.41, 5.74) is 0.600. The van der Waals surface area contributed by atoms with E-state index in [9.17, 15) is 14.9 Å². The highest BCUT2D eigenvalue weighted by molar-refractivity contribution is 14.1. The number of benzene rings is 1. The van der Waals surface area contributed by atoms with Gasteiger partial charge in [-0.3, -0.25) is 14.9 Å². The van der Waals surface area contributed by atoms with Gasteiger partial charge < -0.3 is 4.98 Å². The monoisotopic (exact) mass is 371 g/mol. The van der Waals surface area contributed by atoms with Crippen LogP contribution in [0, 0.1) is 13.7 Å². The maximum atomic E-state index is 11.8. The molecule has 0 aliphatic rings. The van der Waals surface area contributed by atoms with E-state index >= 15 is 0 Å². The third kappa shape index (κ3) is 2.65. The number of nitro groups is 1. The molecular weight excluding hydrogens is 361 g/mol. The molecule has 7 heteroatoms. The molecule has 0 fully saturated rings. The second-order valence-corrected chi connectivity index (χ2v) is 4.88. The first kappa shape index (κ1) is 13.7. The lowest BCUT2D eigenvalue weighted by atomic mass is 10.1. The van der Waals surface area contributed by atoms with Crippen LogP contribution >= 0.6 is 22.6 Å². The smallest absolute Gasteiger partial charge is 0.280 e. The van der Waals surface area contributed by atoms with Crippen molar-refractivity contribution >= 4 is 28.3 Å². The quantitative estimate of drug-likeness (QED) is 0.510. The van der Waals surface area contributed by atoms with E-state index in [0.29, 0.717) is 21.2 Å². The number of para-hydroxylation sites is 1. The molecule has 0 amide bonds. The summed E-state index contributed by atoms with van der Waals surface area (Å²) in [5, 5.41) is 11.0. The molecule has 1 N–H and O–H groups in total. The van der Waals surface area contributed by atoms with Gasteiger partial charge in [0.15, 0.2) is 0 Å². The predicted molar refractivity (Wildman–Crippen MR) is 79.0 cm³/mol. The van der Waals surface area contributed by atoms with Crippen LogP contribution in [-0.2, 0) is 6.42 Å². The van der Waals surface area contributed by atoms with Crippen molar-refractivity contribution in [2.75, 3.05) is 0 Å². The molecule has 0 saturated heterocycles. The summed E-state index contributed by atoms with van der Waals surface area (Å²) in [4.78, 5) is 29.2.